The predicted molar refractivity (Wildman–Crippen MR) is 97.7 cm³/mol. The van der Waals surface area contributed by atoms with Gasteiger partial charge in [-0.15, -0.1) is 0 Å². The molecule has 1 aromatic carbocycles. The van der Waals surface area contributed by atoms with Crippen molar-refractivity contribution in [1.29, 1.82) is 0 Å². The molecule has 0 aromatic heterocycles. The van der Waals surface area contributed by atoms with Crippen molar-refractivity contribution in [3.63, 3.8) is 0 Å². The van der Waals surface area contributed by atoms with Crippen LogP contribution in [0.4, 0.5) is 5.69 Å². The molecule has 2 fully saturated rings. The highest BCUT2D eigenvalue weighted by molar-refractivity contribution is 5.94. The summed E-state index contributed by atoms with van der Waals surface area (Å²) < 4.78 is 5.22. The van der Waals surface area contributed by atoms with Gasteiger partial charge in [0.15, 0.2) is 0 Å². The molecule has 2 heterocycles. The zero-order valence-corrected chi connectivity index (χ0v) is 14.9. The SMILES string of the molecule is COCCC1CCCCN1C(=O)c1ccc(N2CCCCC2)cc1. The van der Waals surface area contributed by atoms with Crippen molar-refractivity contribution in [2.45, 2.75) is 51.0 Å². The van der Waals surface area contributed by atoms with E-state index in [1.165, 1.54) is 31.4 Å². The van der Waals surface area contributed by atoms with Crippen LogP contribution in [-0.4, -0.2) is 50.2 Å². The lowest BCUT2D eigenvalue weighted by Gasteiger charge is -2.36. The molecule has 0 N–H and O–H groups in total. The third-order valence-corrected chi connectivity index (χ3v) is 5.38. The molecular weight excluding hydrogens is 300 g/mol. The Morgan fingerprint density at radius 3 is 2.46 bits per heavy atom. The summed E-state index contributed by atoms with van der Waals surface area (Å²) in [4.78, 5) is 17.4. The van der Waals surface area contributed by atoms with Crippen LogP contribution < -0.4 is 4.90 Å². The Morgan fingerprint density at radius 1 is 1.04 bits per heavy atom. The Balaban J connectivity index is 1.66. The predicted octanol–water partition coefficient (Wildman–Crippen LogP) is 3.71. The standard InChI is InChI=1S/C20H30N2O2/c1-24-16-12-19-7-3-6-15-22(19)20(23)17-8-10-18(11-9-17)21-13-4-2-5-14-21/h8-11,19H,2-7,12-16H2,1H3. The van der Waals surface area contributed by atoms with Gasteiger partial charge in [0.25, 0.3) is 5.91 Å². The third kappa shape index (κ3) is 4.10. The van der Waals surface area contributed by atoms with Gasteiger partial charge >= 0.3 is 0 Å². The lowest BCUT2D eigenvalue weighted by atomic mass is 9.98. The molecule has 3 rings (SSSR count). The number of carbonyl (C=O) groups excluding carboxylic acids is 1. The Morgan fingerprint density at radius 2 is 1.75 bits per heavy atom. The Bertz CT molecular complexity index is 523. The molecule has 0 radical (unpaired) electrons. The van der Waals surface area contributed by atoms with Crippen LogP contribution in [0.1, 0.15) is 55.3 Å². The van der Waals surface area contributed by atoms with E-state index in [-0.39, 0.29) is 5.91 Å². The summed E-state index contributed by atoms with van der Waals surface area (Å²) in [6.45, 7) is 3.88. The van der Waals surface area contributed by atoms with Crippen LogP contribution in [0.15, 0.2) is 24.3 Å². The van der Waals surface area contributed by atoms with Gasteiger partial charge in [0.1, 0.15) is 0 Å². The number of anilines is 1. The summed E-state index contributed by atoms with van der Waals surface area (Å²) in [5.74, 6) is 0.181. The first kappa shape index (κ1) is 17.3. The zero-order chi connectivity index (χ0) is 16.8. The molecule has 1 aromatic rings. The fourth-order valence-corrected chi connectivity index (χ4v) is 3.95. The second kappa shape index (κ2) is 8.52. The highest BCUT2D eigenvalue weighted by Crippen LogP contribution is 2.24. The maximum absolute atomic E-state index is 12.9. The molecule has 1 atom stereocenters. The number of piperidine rings is 2. The van der Waals surface area contributed by atoms with Crippen molar-refractivity contribution >= 4 is 11.6 Å². The molecule has 4 nitrogen and oxygen atoms in total. The van der Waals surface area contributed by atoms with E-state index in [0.29, 0.717) is 6.04 Å². The van der Waals surface area contributed by atoms with Crippen LogP contribution in [0.5, 0.6) is 0 Å². The summed E-state index contributed by atoms with van der Waals surface area (Å²) in [7, 11) is 1.73. The van der Waals surface area contributed by atoms with E-state index in [1.54, 1.807) is 7.11 Å². The van der Waals surface area contributed by atoms with Gasteiger partial charge in [-0.1, -0.05) is 0 Å². The molecule has 0 aliphatic carbocycles. The minimum Gasteiger partial charge on any atom is -0.385 e. The zero-order valence-electron chi connectivity index (χ0n) is 14.9. The first-order valence-electron chi connectivity index (χ1n) is 9.44. The molecule has 1 amide bonds. The van der Waals surface area contributed by atoms with Crippen LogP contribution >= 0.6 is 0 Å². The number of likely N-dealkylation sites (tertiary alicyclic amines) is 1. The van der Waals surface area contributed by atoms with Crippen LogP contribution in [0.3, 0.4) is 0 Å². The number of benzene rings is 1. The smallest absolute Gasteiger partial charge is 0.254 e. The molecule has 24 heavy (non-hydrogen) atoms. The van der Waals surface area contributed by atoms with Gasteiger partial charge in [0.05, 0.1) is 0 Å². The topological polar surface area (TPSA) is 32.8 Å². The largest absolute Gasteiger partial charge is 0.385 e. The van der Waals surface area contributed by atoms with E-state index in [9.17, 15) is 4.79 Å². The summed E-state index contributed by atoms with van der Waals surface area (Å²) in [5.41, 5.74) is 2.07. The Kier molecular flexibility index (Phi) is 6.13. The average Bonchev–Trinajstić information content (AvgIpc) is 2.67. The second-order valence-corrected chi connectivity index (χ2v) is 7.02. The van der Waals surface area contributed by atoms with Crippen molar-refractivity contribution in [3.8, 4) is 0 Å². The van der Waals surface area contributed by atoms with Gasteiger partial charge in [-0.25, -0.2) is 0 Å². The molecule has 2 saturated heterocycles. The van der Waals surface area contributed by atoms with Crippen LogP contribution in [0.2, 0.25) is 0 Å². The van der Waals surface area contributed by atoms with Crippen LogP contribution in [0, 0.1) is 0 Å². The molecule has 0 spiro atoms. The van der Waals surface area contributed by atoms with E-state index in [2.05, 4.69) is 21.9 Å². The van der Waals surface area contributed by atoms with Gasteiger partial charge in [-0.3, -0.25) is 4.79 Å². The highest BCUT2D eigenvalue weighted by Gasteiger charge is 2.27. The van der Waals surface area contributed by atoms with Crippen LogP contribution in [-0.2, 0) is 4.74 Å². The summed E-state index contributed by atoms with van der Waals surface area (Å²) in [6, 6.07) is 8.58. The van der Waals surface area contributed by atoms with E-state index < -0.39 is 0 Å². The minimum absolute atomic E-state index is 0.181. The molecule has 1 unspecified atom stereocenters. The number of rotatable bonds is 5. The third-order valence-electron chi connectivity index (χ3n) is 5.38. The normalized spacial score (nSPS) is 21.8. The van der Waals surface area contributed by atoms with E-state index in [4.69, 9.17) is 4.74 Å². The van der Waals surface area contributed by atoms with E-state index >= 15 is 0 Å². The molecule has 4 heteroatoms. The lowest BCUT2D eigenvalue weighted by Crippen LogP contribution is -2.44. The van der Waals surface area contributed by atoms with Gasteiger partial charge in [0, 0.05) is 50.6 Å². The molecule has 0 bridgehead atoms. The van der Waals surface area contributed by atoms with Gasteiger partial charge < -0.3 is 14.5 Å². The molecule has 132 valence electrons. The second-order valence-electron chi connectivity index (χ2n) is 7.02. The van der Waals surface area contributed by atoms with Crippen molar-refractivity contribution in [2.24, 2.45) is 0 Å². The maximum Gasteiger partial charge on any atom is 0.254 e. The molecule has 0 saturated carbocycles. The quantitative estimate of drug-likeness (QED) is 0.825. The summed E-state index contributed by atoms with van der Waals surface area (Å²) in [6.07, 6.45) is 8.25. The number of methoxy groups -OCH3 is 1. The van der Waals surface area contributed by atoms with Gasteiger partial charge in [0.2, 0.25) is 0 Å². The first-order valence-corrected chi connectivity index (χ1v) is 9.44. The van der Waals surface area contributed by atoms with Gasteiger partial charge in [-0.05, 0) is 69.2 Å². The Hall–Kier alpha value is -1.55. The molecule has 2 aliphatic heterocycles. The van der Waals surface area contributed by atoms with E-state index in [1.807, 2.05) is 12.1 Å². The lowest BCUT2D eigenvalue weighted by molar-refractivity contribution is 0.0553. The Labute approximate surface area is 145 Å². The number of ether oxygens (including phenoxy) is 1. The van der Waals surface area contributed by atoms with Crippen molar-refractivity contribution in [2.75, 3.05) is 38.3 Å². The molecule has 2 aliphatic rings. The minimum atomic E-state index is 0.181. The maximum atomic E-state index is 12.9. The van der Waals surface area contributed by atoms with E-state index in [0.717, 1.165) is 51.1 Å². The number of nitrogens with zero attached hydrogens (tertiary/aromatic N) is 2. The number of amides is 1. The van der Waals surface area contributed by atoms with Gasteiger partial charge in [-0.2, -0.15) is 0 Å². The first-order chi connectivity index (χ1) is 11.8. The van der Waals surface area contributed by atoms with Crippen molar-refractivity contribution in [1.82, 2.24) is 4.90 Å². The monoisotopic (exact) mass is 330 g/mol. The number of hydrogen-bond donors (Lipinski definition) is 0. The fraction of sp³-hybridized carbons (Fsp3) is 0.650. The number of carbonyl (C=O) groups is 1. The average molecular weight is 330 g/mol. The highest BCUT2D eigenvalue weighted by atomic mass is 16.5. The van der Waals surface area contributed by atoms with Crippen molar-refractivity contribution in [3.05, 3.63) is 29.8 Å². The fourth-order valence-electron chi connectivity index (χ4n) is 3.95. The summed E-state index contributed by atoms with van der Waals surface area (Å²) in [5, 5.41) is 0. The molecular formula is C20H30N2O2. The van der Waals surface area contributed by atoms with Crippen molar-refractivity contribution < 1.29 is 9.53 Å². The summed E-state index contributed by atoms with van der Waals surface area (Å²) >= 11 is 0. The number of hydrogen-bond acceptors (Lipinski definition) is 3. The van der Waals surface area contributed by atoms with Crippen LogP contribution in [0.25, 0.3) is 0 Å².